The van der Waals surface area contributed by atoms with Gasteiger partial charge >= 0.3 is 0 Å². The Bertz CT molecular complexity index is 413. The van der Waals surface area contributed by atoms with Gasteiger partial charge in [-0.25, -0.2) is 0 Å². The number of hydrogen-bond donors (Lipinski definition) is 1. The Morgan fingerprint density at radius 3 is 2.71 bits per heavy atom. The van der Waals surface area contributed by atoms with Crippen molar-refractivity contribution in [3.63, 3.8) is 0 Å². The third-order valence-electron chi connectivity index (χ3n) is 4.19. The normalized spacial score (nSPS) is 28.9. The van der Waals surface area contributed by atoms with Crippen LogP contribution in [0, 0.1) is 18.3 Å². The van der Waals surface area contributed by atoms with Crippen LogP contribution in [0.4, 0.5) is 0 Å². The molecule has 1 aliphatic carbocycles. The van der Waals surface area contributed by atoms with Crippen LogP contribution < -0.4 is 5.73 Å². The lowest BCUT2D eigenvalue weighted by Crippen LogP contribution is -2.31. The highest BCUT2D eigenvalue weighted by atomic mass is 35.5. The van der Waals surface area contributed by atoms with Gasteiger partial charge in [0.05, 0.1) is 16.4 Å². The number of aryl methyl sites for hydroxylation is 2. The predicted octanol–water partition coefficient (Wildman–Crippen LogP) is 2.69. The Balaban J connectivity index is 2.24. The van der Waals surface area contributed by atoms with Crippen molar-refractivity contribution >= 4 is 11.6 Å². The number of halogens is 1. The number of nitrogens with two attached hydrogens (primary N) is 1. The smallest absolute Gasteiger partial charge is 0.0847 e. The van der Waals surface area contributed by atoms with Crippen molar-refractivity contribution in [2.45, 2.75) is 39.5 Å². The molecule has 2 N–H and O–H groups in total. The molecule has 0 spiro atoms. The number of hydrogen-bond acceptors (Lipinski definition) is 2. The van der Waals surface area contributed by atoms with Gasteiger partial charge in [0.1, 0.15) is 0 Å². The maximum atomic E-state index is 6.32. The summed E-state index contributed by atoms with van der Waals surface area (Å²) < 4.78 is 1.91. The number of nitrogens with zero attached hydrogens (tertiary/aromatic N) is 2. The predicted molar refractivity (Wildman–Crippen MR) is 71.2 cm³/mol. The van der Waals surface area contributed by atoms with E-state index in [0.717, 1.165) is 35.3 Å². The molecule has 96 valence electrons. The minimum absolute atomic E-state index is 0.239. The second-order valence-electron chi connectivity index (χ2n) is 5.70. The molecule has 1 aromatic rings. The Morgan fingerprint density at radius 1 is 1.59 bits per heavy atom. The summed E-state index contributed by atoms with van der Waals surface area (Å²) in [6, 6.07) is 0. The summed E-state index contributed by atoms with van der Waals surface area (Å²) in [5.41, 5.74) is 8.31. The lowest BCUT2D eigenvalue weighted by atomic mass is 9.81. The first-order chi connectivity index (χ1) is 7.97. The molecule has 1 fully saturated rings. The zero-order chi connectivity index (χ0) is 12.6. The van der Waals surface area contributed by atoms with Gasteiger partial charge in [0.25, 0.3) is 0 Å². The van der Waals surface area contributed by atoms with Gasteiger partial charge in [-0.2, -0.15) is 5.10 Å². The van der Waals surface area contributed by atoms with Gasteiger partial charge in [-0.05, 0) is 44.1 Å². The highest BCUT2D eigenvalue weighted by molar-refractivity contribution is 6.31. The van der Waals surface area contributed by atoms with Crippen LogP contribution in [-0.2, 0) is 13.5 Å². The Hall–Kier alpha value is -0.540. The van der Waals surface area contributed by atoms with E-state index in [1.165, 1.54) is 19.3 Å². The molecular formula is C13H22ClN3. The third kappa shape index (κ3) is 2.36. The van der Waals surface area contributed by atoms with Crippen LogP contribution in [0.5, 0.6) is 0 Å². The van der Waals surface area contributed by atoms with Gasteiger partial charge in [-0.3, -0.25) is 4.68 Å². The summed E-state index contributed by atoms with van der Waals surface area (Å²) in [7, 11) is 1.97. The summed E-state index contributed by atoms with van der Waals surface area (Å²) in [5.74, 6) is 0.784. The maximum Gasteiger partial charge on any atom is 0.0847 e. The molecule has 0 aromatic carbocycles. The Kier molecular flexibility index (Phi) is 3.50. The molecule has 3 nitrogen and oxygen atoms in total. The van der Waals surface area contributed by atoms with E-state index in [9.17, 15) is 0 Å². The highest BCUT2D eigenvalue weighted by Crippen LogP contribution is 2.44. The van der Waals surface area contributed by atoms with E-state index in [1.807, 2.05) is 18.7 Å². The van der Waals surface area contributed by atoms with E-state index in [-0.39, 0.29) is 5.41 Å². The fourth-order valence-electron chi connectivity index (χ4n) is 3.14. The molecule has 0 aliphatic heterocycles. The summed E-state index contributed by atoms with van der Waals surface area (Å²) in [6.45, 7) is 5.02. The standard InChI is InChI=1S/C13H22ClN3/c1-9-4-5-13(6-9,8-15)7-11-12(14)10(2)16-17(11)3/h9H,4-8,15H2,1-3H3. The highest BCUT2D eigenvalue weighted by Gasteiger charge is 2.37. The molecule has 0 saturated heterocycles. The van der Waals surface area contributed by atoms with Crippen molar-refractivity contribution in [1.82, 2.24) is 9.78 Å². The average Bonchev–Trinajstić information content (AvgIpc) is 2.76. The molecule has 2 rings (SSSR count). The van der Waals surface area contributed by atoms with E-state index in [2.05, 4.69) is 12.0 Å². The van der Waals surface area contributed by atoms with E-state index in [4.69, 9.17) is 17.3 Å². The first kappa shape index (κ1) is 12.9. The number of rotatable bonds is 3. The first-order valence-electron chi connectivity index (χ1n) is 6.35. The SMILES string of the molecule is Cc1nn(C)c(CC2(CN)CCC(C)C2)c1Cl. The van der Waals surface area contributed by atoms with Crippen molar-refractivity contribution < 1.29 is 0 Å². The molecule has 4 heteroatoms. The van der Waals surface area contributed by atoms with Gasteiger partial charge in [-0.15, -0.1) is 0 Å². The average molecular weight is 256 g/mol. The topological polar surface area (TPSA) is 43.8 Å². The van der Waals surface area contributed by atoms with Crippen molar-refractivity contribution in [3.8, 4) is 0 Å². The summed E-state index contributed by atoms with van der Waals surface area (Å²) in [4.78, 5) is 0. The zero-order valence-electron chi connectivity index (χ0n) is 11.0. The van der Waals surface area contributed by atoms with Crippen LogP contribution in [0.25, 0.3) is 0 Å². The first-order valence-corrected chi connectivity index (χ1v) is 6.73. The molecule has 1 saturated carbocycles. The molecule has 2 unspecified atom stereocenters. The van der Waals surface area contributed by atoms with Crippen molar-refractivity contribution in [2.75, 3.05) is 6.54 Å². The second kappa shape index (κ2) is 4.62. The summed E-state index contributed by atoms with van der Waals surface area (Å²) in [6.07, 6.45) is 4.67. The fraction of sp³-hybridized carbons (Fsp3) is 0.769. The third-order valence-corrected chi connectivity index (χ3v) is 4.68. The van der Waals surface area contributed by atoms with Crippen molar-refractivity contribution in [3.05, 3.63) is 16.4 Å². The van der Waals surface area contributed by atoms with E-state index in [1.54, 1.807) is 0 Å². The summed E-state index contributed by atoms with van der Waals surface area (Å²) in [5, 5.41) is 5.20. The minimum Gasteiger partial charge on any atom is -0.330 e. The van der Waals surface area contributed by atoms with Gasteiger partial charge in [0.2, 0.25) is 0 Å². The molecule has 17 heavy (non-hydrogen) atoms. The van der Waals surface area contributed by atoms with E-state index in [0.29, 0.717) is 0 Å². The minimum atomic E-state index is 0.239. The van der Waals surface area contributed by atoms with Crippen molar-refractivity contribution in [1.29, 1.82) is 0 Å². The van der Waals surface area contributed by atoms with Crippen molar-refractivity contribution in [2.24, 2.45) is 24.1 Å². The molecule has 0 amide bonds. The van der Waals surface area contributed by atoms with Gasteiger partial charge < -0.3 is 5.73 Å². The molecule has 1 heterocycles. The molecular weight excluding hydrogens is 234 g/mol. The molecule has 0 bridgehead atoms. The van der Waals surface area contributed by atoms with E-state index < -0.39 is 0 Å². The molecule has 2 atom stereocenters. The Labute approximate surface area is 108 Å². The van der Waals surface area contributed by atoms with Gasteiger partial charge in [-0.1, -0.05) is 24.9 Å². The largest absolute Gasteiger partial charge is 0.330 e. The van der Waals surface area contributed by atoms with Crippen LogP contribution in [0.2, 0.25) is 5.02 Å². The molecule has 0 radical (unpaired) electrons. The van der Waals surface area contributed by atoms with Crippen LogP contribution in [0.3, 0.4) is 0 Å². The van der Waals surface area contributed by atoms with Crippen LogP contribution in [0.1, 0.15) is 37.6 Å². The lowest BCUT2D eigenvalue weighted by Gasteiger charge is -2.27. The van der Waals surface area contributed by atoms with Crippen LogP contribution in [-0.4, -0.2) is 16.3 Å². The molecule has 1 aliphatic rings. The van der Waals surface area contributed by atoms with Gasteiger partial charge in [0.15, 0.2) is 0 Å². The number of aromatic nitrogens is 2. The fourth-order valence-corrected chi connectivity index (χ4v) is 3.37. The monoisotopic (exact) mass is 255 g/mol. The van der Waals surface area contributed by atoms with Gasteiger partial charge in [0, 0.05) is 7.05 Å². The Morgan fingerprint density at radius 2 is 2.29 bits per heavy atom. The molecule has 1 aromatic heterocycles. The van der Waals surface area contributed by atoms with Crippen LogP contribution in [0.15, 0.2) is 0 Å². The quantitative estimate of drug-likeness (QED) is 0.903. The lowest BCUT2D eigenvalue weighted by molar-refractivity contribution is 0.289. The second-order valence-corrected chi connectivity index (χ2v) is 6.08. The zero-order valence-corrected chi connectivity index (χ0v) is 11.7. The summed E-state index contributed by atoms with van der Waals surface area (Å²) >= 11 is 6.32. The maximum absolute atomic E-state index is 6.32. The van der Waals surface area contributed by atoms with Crippen LogP contribution >= 0.6 is 11.6 Å². The van der Waals surface area contributed by atoms with E-state index >= 15 is 0 Å².